The number of rotatable bonds is 16. The topological polar surface area (TPSA) is 231 Å². The number of hydrogen-bond donors (Lipinski definition) is 2. The molecule has 0 spiro atoms. The van der Waals surface area contributed by atoms with Crippen LogP contribution in [0.5, 0.6) is 0 Å². The number of fused-ring (bicyclic) bond motifs is 5. The van der Waals surface area contributed by atoms with Crippen LogP contribution in [0.15, 0.2) is 102 Å². The first-order chi connectivity index (χ1) is 34.4. The van der Waals surface area contributed by atoms with Crippen LogP contribution in [0.4, 0.5) is 0 Å². The lowest BCUT2D eigenvalue weighted by Crippen LogP contribution is -2.82. The molecule has 0 unspecified atom stereocenters. The molecule has 2 N–H and O–H groups in total. The number of ether oxygens (including phenoxy) is 6. The summed E-state index contributed by atoms with van der Waals surface area (Å²) in [5.41, 5.74) is -7.57. The van der Waals surface area contributed by atoms with Crippen molar-refractivity contribution in [1.82, 2.24) is 15.1 Å². The van der Waals surface area contributed by atoms with Gasteiger partial charge in [0.2, 0.25) is 0 Å². The molecule has 7 rings (SSSR count). The van der Waals surface area contributed by atoms with Gasteiger partial charge in [-0.05, 0) is 83.9 Å². The number of likely N-dealkylation sites (N-methyl/N-ethyl adjacent to an activating group) is 2. The first kappa shape index (κ1) is 54.2. The molecule has 1 amide bonds. The molecule has 390 valence electrons. The van der Waals surface area contributed by atoms with Crippen LogP contribution in [0.2, 0.25) is 0 Å². The number of Topliss-reactive ketones (excluding diaryl/α,β-unsaturated/α-hetero) is 2. The Balaban J connectivity index is 1.52. The molecule has 1 heterocycles. The van der Waals surface area contributed by atoms with E-state index in [2.05, 4.69) is 5.32 Å². The van der Waals surface area contributed by atoms with Gasteiger partial charge in [0, 0.05) is 37.2 Å². The highest BCUT2D eigenvalue weighted by Crippen LogP contribution is 2.65. The van der Waals surface area contributed by atoms with E-state index in [9.17, 15) is 33.9 Å². The lowest BCUT2D eigenvalue weighted by atomic mass is 9.44. The maximum absolute atomic E-state index is 16.3. The Morgan fingerprint density at radius 3 is 1.86 bits per heavy atom. The van der Waals surface area contributed by atoms with Gasteiger partial charge < -0.3 is 38.8 Å². The molecule has 0 radical (unpaired) electrons. The lowest BCUT2D eigenvalue weighted by molar-refractivity contribution is -0.346. The van der Waals surface area contributed by atoms with E-state index in [-0.39, 0.29) is 48.4 Å². The number of nitrogens with zero attached hydrogens (tertiary/aromatic N) is 2. The molecule has 18 nitrogen and oxygen atoms in total. The minimum atomic E-state index is -2.52. The van der Waals surface area contributed by atoms with Crippen molar-refractivity contribution in [2.45, 2.75) is 102 Å². The predicted molar refractivity (Wildman–Crippen MR) is 261 cm³/mol. The number of nitrogens with one attached hydrogen (secondary N) is 1. The number of ketones is 2. The highest BCUT2D eigenvalue weighted by Gasteiger charge is 2.79. The average molecular weight is 1010 g/mol. The van der Waals surface area contributed by atoms with E-state index >= 15 is 9.59 Å². The lowest BCUT2D eigenvalue weighted by Gasteiger charge is -2.67. The second kappa shape index (κ2) is 21.1. The number of carbonyl (C=O) groups excluding carboxylic acids is 8. The molecule has 3 aromatic rings. The Labute approximate surface area is 424 Å². The van der Waals surface area contributed by atoms with Crippen molar-refractivity contribution in [3.63, 3.8) is 0 Å². The zero-order valence-corrected chi connectivity index (χ0v) is 42.9. The molecule has 11 atom stereocenters. The second-order valence-electron chi connectivity index (χ2n) is 20.8. The van der Waals surface area contributed by atoms with Crippen molar-refractivity contribution in [3.05, 3.63) is 119 Å². The Hall–Kier alpha value is -6.60. The van der Waals surface area contributed by atoms with E-state index < -0.39 is 124 Å². The summed E-state index contributed by atoms with van der Waals surface area (Å²) in [7, 11) is 6.54. The van der Waals surface area contributed by atoms with Crippen LogP contribution in [-0.4, -0.2) is 152 Å². The minimum absolute atomic E-state index is 0.0348. The zero-order valence-electron chi connectivity index (χ0n) is 42.9. The van der Waals surface area contributed by atoms with Gasteiger partial charge in [0.05, 0.1) is 42.6 Å². The SMILES string of the molecule is CC(=O)O[C@H]1C(=O)[C@]2(C)[C@@H](OC(=O)CN(C)C)C[C@H]3OC[C@@]3(OC(C)=O)[C@H]2[C@H](OC(=O)c2ccccc2)[C@]2(O)C[C@H](C(=O)[C@H](OC(=O)CN(C)C)[C@@H](NC(=O)c3ccccc3)c3ccccc3)C(C)=C1C2(C)C. The molecule has 4 aliphatic rings. The summed E-state index contributed by atoms with van der Waals surface area (Å²) in [6.07, 6.45) is -9.06. The summed E-state index contributed by atoms with van der Waals surface area (Å²) < 4.78 is 37.5. The molecule has 3 aliphatic carbocycles. The van der Waals surface area contributed by atoms with Crippen molar-refractivity contribution in [3.8, 4) is 0 Å². The summed E-state index contributed by atoms with van der Waals surface area (Å²) in [5.74, 6) is -9.85. The van der Waals surface area contributed by atoms with Gasteiger partial charge in [-0.25, -0.2) is 4.79 Å². The van der Waals surface area contributed by atoms with Gasteiger partial charge in [-0.2, -0.15) is 0 Å². The monoisotopic (exact) mass is 1010 g/mol. The number of aliphatic hydroxyl groups is 1. The van der Waals surface area contributed by atoms with E-state index in [0.29, 0.717) is 5.56 Å². The van der Waals surface area contributed by atoms with E-state index in [1.807, 2.05) is 0 Å². The van der Waals surface area contributed by atoms with Gasteiger partial charge in [0.15, 0.2) is 29.4 Å². The zero-order chi connectivity index (χ0) is 53.4. The van der Waals surface area contributed by atoms with Crippen LogP contribution in [0.3, 0.4) is 0 Å². The molecule has 3 aromatic carbocycles. The number of esters is 5. The third kappa shape index (κ3) is 10.2. The van der Waals surface area contributed by atoms with Gasteiger partial charge in [0.1, 0.15) is 23.9 Å². The van der Waals surface area contributed by atoms with Crippen LogP contribution < -0.4 is 5.32 Å². The van der Waals surface area contributed by atoms with Gasteiger partial charge in [-0.15, -0.1) is 0 Å². The number of carbonyl (C=O) groups is 8. The predicted octanol–water partition coefficient (Wildman–Crippen LogP) is 4.23. The molecule has 18 heteroatoms. The summed E-state index contributed by atoms with van der Waals surface area (Å²) in [6, 6.07) is 23.0. The molecule has 0 aromatic heterocycles. The van der Waals surface area contributed by atoms with Crippen molar-refractivity contribution in [2.75, 3.05) is 47.9 Å². The Kier molecular flexibility index (Phi) is 15.7. The molecule has 1 aliphatic heterocycles. The third-order valence-corrected chi connectivity index (χ3v) is 15.0. The quantitative estimate of drug-likeness (QED) is 0.116. The number of hydrogen-bond acceptors (Lipinski definition) is 17. The minimum Gasteiger partial charge on any atom is -0.460 e. The number of amides is 1. The van der Waals surface area contributed by atoms with Gasteiger partial charge in [-0.1, -0.05) is 86.2 Å². The van der Waals surface area contributed by atoms with Crippen molar-refractivity contribution in [2.24, 2.45) is 22.7 Å². The summed E-state index contributed by atoms with van der Waals surface area (Å²) >= 11 is 0. The van der Waals surface area contributed by atoms with E-state index in [1.54, 1.807) is 133 Å². The first-order valence-corrected chi connectivity index (χ1v) is 24.2. The highest BCUT2D eigenvalue weighted by molar-refractivity contribution is 5.99. The standard InChI is InChI=1S/C55H65N3O15/c1-31-37(44(63)46(71-41(62)29-58(9)10)43(34-20-14-11-15-21-34)56-50(65)35-22-16-12-17-23-35)27-55(67)49(72-51(66)36-24-18-13-19-25-36)47-53(6,48(64)45(69-32(2)59)42(31)52(55,4)5)38(70-40(61)28-57(7)8)26-39-54(47,30-68-39)73-33(3)60/h11-25,37-39,43,45-47,49,67H,26-30H2,1-10H3,(H,56,65)/t37-,38-,39+,43-,45+,46+,47-,49-,53+,54-,55+/m0/s1. The largest absolute Gasteiger partial charge is 0.460 e. The molecular weight excluding hydrogens is 943 g/mol. The summed E-state index contributed by atoms with van der Waals surface area (Å²) in [5, 5.41) is 17.2. The van der Waals surface area contributed by atoms with E-state index in [0.717, 1.165) is 13.8 Å². The Bertz CT molecular complexity index is 2660. The van der Waals surface area contributed by atoms with Gasteiger partial charge in [-0.3, -0.25) is 43.4 Å². The Morgan fingerprint density at radius 1 is 0.767 bits per heavy atom. The van der Waals surface area contributed by atoms with Crippen molar-refractivity contribution >= 4 is 47.3 Å². The second-order valence-corrected chi connectivity index (χ2v) is 20.8. The maximum atomic E-state index is 16.3. The number of allylic oxidation sites excluding steroid dienone is 1. The van der Waals surface area contributed by atoms with Crippen LogP contribution >= 0.6 is 0 Å². The fraction of sp³-hybridized carbons (Fsp3) is 0.491. The fourth-order valence-corrected chi connectivity index (χ4v) is 11.6. The smallest absolute Gasteiger partial charge is 0.338 e. The third-order valence-electron chi connectivity index (χ3n) is 15.0. The van der Waals surface area contributed by atoms with Gasteiger partial charge >= 0.3 is 29.8 Å². The maximum Gasteiger partial charge on any atom is 0.338 e. The van der Waals surface area contributed by atoms with Crippen molar-refractivity contribution in [1.29, 1.82) is 0 Å². The molecule has 2 saturated carbocycles. The highest BCUT2D eigenvalue weighted by atomic mass is 16.6. The van der Waals surface area contributed by atoms with E-state index in [1.165, 1.54) is 24.0 Å². The molecule has 2 bridgehead atoms. The molecule has 1 saturated heterocycles. The van der Waals surface area contributed by atoms with Crippen LogP contribution in [-0.2, 0) is 57.2 Å². The molecular formula is C55H65N3O15. The Morgan fingerprint density at radius 2 is 1.33 bits per heavy atom. The fourth-order valence-electron chi connectivity index (χ4n) is 11.6. The summed E-state index contributed by atoms with van der Waals surface area (Å²) in [4.78, 5) is 119. The first-order valence-electron chi connectivity index (χ1n) is 24.2. The van der Waals surface area contributed by atoms with Crippen LogP contribution in [0.1, 0.15) is 86.7 Å². The van der Waals surface area contributed by atoms with Crippen LogP contribution in [0, 0.1) is 22.7 Å². The van der Waals surface area contributed by atoms with E-state index in [4.69, 9.17) is 28.4 Å². The molecule has 3 fully saturated rings. The van der Waals surface area contributed by atoms with Gasteiger partial charge in [0.25, 0.3) is 5.91 Å². The summed E-state index contributed by atoms with van der Waals surface area (Å²) in [6.45, 7) is 7.46. The average Bonchev–Trinajstić information content (AvgIpc) is 3.32. The number of benzene rings is 3. The molecule has 73 heavy (non-hydrogen) atoms. The normalized spacial score (nSPS) is 28.9. The van der Waals surface area contributed by atoms with Crippen LogP contribution in [0.25, 0.3) is 0 Å². The van der Waals surface area contributed by atoms with Crippen molar-refractivity contribution < 1.29 is 71.9 Å².